The molecule has 77 heavy (non-hydrogen) atoms. The molecule has 0 atom stereocenters. The lowest BCUT2D eigenvalue weighted by atomic mass is 9.78. The van der Waals surface area contributed by atoms with Crippen molar-refractivity contribution >= 4 is 29.0 Å². The molecule has 0 saturated carbocycles. The van der Waals surface area contributed by atoms with Crippen molar-refractivity contribution in [3.8, 4) is 0 Å². The zero-order valence-electron chi connectivity index (χ0n) is 54.1. The molecule has 0 bridgehead atoms. The van der Waals surface area contributed by atoms with Gasteiger partial charge in [-0.15, -0.1) is 5.10 Å². The molecule has 464 valence electrons. The van der Waals surface area contributed by atoms with Crippen molar-refractivity contribution in [2.24, 2.45) is 32.5 Å². The molecular formula is C65H139N7O5. The van der Waals surface area contributed by atoms with Gasteiger partial charge in [-0.3, -0.25) is 24.0 Å². The van der Waals surface area contributed by atoms with Crippen molar-refractivity contribution in [1.82, 2.24) is 25.6 Å². The Morgan fingerprint density at radius 2 is 0.675 bits per heavy atom. The van der Waals surface area contributed by atoms with E-state index in [1.165, 1.54) is 6.42 Å². The van der Waals surface area contributed by atoms with Gasteiger partial charge in [-0.25, -0.2) is 4.68 Å². The van der Waals surface area contributed by atoms with Crippen LogP contribution < -0.4 is 32.1 Å². The van der Waals surface area contributed by atoms with Gasteiger partial charge in [0.05, 0.1) is 11.2 Å². The van der Waals surface area contributed by atoms with Crippen LogP contribution in [0.15, 0.2) is 15.8 Å². The maximum absolute atomic E-state index is 11.5. The second kappa shape index (κ2) is 33.2. The van der Waals surface area contributed by atoms with Gasteiger partial charge in [0, 0.05) is 57.4 Å². The van der Waals surface area contributed by atoms with Crippen LogP contribution in [-0.2, 0) is 25.3 Å². The molecule has 0 aliphatic rings. The van der Waals surface area contributed by atoms with Crippen LogP contribution in [0.3, 0.4) is 0 Å². The molecule has 12 heteroatoms. The summed E-state index contributed by atoms with van der Waals surface area (Å²) in [5.74, 6) is 0.588. The number of ketones is 1. The Balaban J connectivity index is -0.000000103. The van der Waals surface area contributed by atoms with Gasteiger partial charge in [-0.1, -0.05) is 188 Å². The number of amides is 2. The van der Waals surface area contributed by atoms with Gasteiger partial charge >= 0.3 is 0 Å². The molecule has 0 fully saturated rings. The summed E-state index contributed by atoms with van der Waals surface area (Å²) < 4.78 is 1.91. The zero-order chi connectivity index (χ0) is 59.3. The number of hydrogen-bond donors (Lipinski definition) is 4. The molecule has 0 spiro atoms. The molecule has 0 saturated heterocycles. The molecule has 4 N–H and O–H groups in total. The van der Waals surface area contributed by atoms with E-state index in [9.17, 15) is 24.0 Å². The highest BCUT2D eigenvalue weighted by Gasteiger charge is 2.29. The lowest BCUT2D eigenvalue weighted by Crippen LogP contribution is -2.46. The third-order valence-electron chi connectivity index (χ3n) is 8.71. The van der Waals surface area contributed by atoms with Crippen molar-refractivity contribution < 1.29 is 14.4 Å². The van der Waals surface area contributed by atoms with Crippen molar-refractivity contribution in [3.05, 3.63) is 32.3 Å². The van der Waals surface area contributed by atoms with E-state index in [0.717, 1.165) is 5.69 Å². The van der Waals surface area contributed by atoms with Crippen molar-refractivity contribution in [1.29, 1.82) is 0 Å². The van der Waals surface area contributed by atoms with Gasteiger partial charge in [-0.2, -0.15) is 0 Å². The standard InChI is InChI=1S/C12H20N2O2.C11H22O.C10H19N3.2C9H19NO.C9H20.5CH4/c1-11(2,3)13-7-8(10(16)9(7)15)14-12(4,5)6;1-10(2,3)7-9(12)8-11(4,5)6;1-9(2,3)8-7-13(12-11-8)10(4,5)6;2*1-8(2,3)7(11)10-9(4,5)6;1-8(2,3)7-9(4,5)6;;;;;/h13-14H,1-6H3;7-8H2,1-6H3;7H,1-6H3;2*1-6H3,(H,10,11);7H2,1-6H3;5*1H4. The minimum atomic E-state index is -0.429. The third kappa shape index (κ3) is 54.2. The molecule has 2 amide bonds. The molecular weight excluding hydrogens is 959 g/mol. The van der Waals surface area contributed by atoms with Crippen LogP contribution in [-0.4, -0.2) is 54.7 Å². The zero-order valence-corrected chi connectivity index (χ0v) is 54.1. The van der Waals surface area contributed by atoms with Gasteiger partial charge in [0.15, 0.2) is 0 Å². The van der Waals surface area contributed by atoms with Gasteiger partial charge in [-0.05, 0) is 132 Å². The number of Topliss-reactive ketones (excluding diaryl/α,β-unsaturated/α-hetero) is 1. The van der Waals surface area contributed by atoms with Gasteiger partial charge in [0.25, 0.3) is 10.9 Å². The highest BCUT2D eigenvalue weighted by atomic mass is 16.2. The number of carbonyl (C=O) groups excluding carboxylic acids is 3. The van der Waals surface area contributed by atoms with E-state index < -0.39 is 10.9 Å². The number of nitrogens with zero attached hydrogens (tertiary/aromatic N) is 3. The normalized spacial score (nSPS) is 12.3. The quantitative estimate of drug-likeness (QED) is 0.218. The summed E-state index contributed by atoms with van der Waals surface area (Å²) in [4.78, 5) is 57.1. The van der Waals surface area contributed by atoms with Crippen molar-refractivity contribution in [2.75, 3.05) is 10.6 Å². The number of rotatable bonds is 4. The molecule has 1 aromatic heterocycles. The highest BCUT2D eigenvalue weighted by Crippen LogP contribution is 2.32. The van der Waals surface area contributed by atoms with Crippen LogP contribution in [0.5, 0.6) is 0 Å². The minimum absolute atomic E-state index is 0. The van der Waals surface area contributed by atoms with Crippen LogP contribution in [0, 0.1) is 32.5 Å². The van der Waals surface area contributed by atoms with Crippen LogP contribution in [0.4, 0.5) is 11.4 Å². The molecule has 1 aromatic carbocycles. The Kier molecular flexibility index (Phi) is 40.1. The van der Waals surface area contributed by atoms with E-state index in [-0.39, 0.29) is 104 Å². The fourth-order valence-corrected chi connectivity index (χ4v) is 6.21. The Labute approximate surface area is 481 Å². The summed E-state index contributed by atoms with van der Waals surface area (Å²) in [6.45, 7) is 74.2. The Bertz CT molecular complexity index is 1860. The second-order valence-corrected chi connectivity index (χ2v) is 32.8. The lowest BCUT2D eigenvalue weighted by molar-refractivity contribution is -0.130. The predicted octanol–water partition coefficient (Wildman–Crippen LogP) is 18.0. The highest BCUT2D eigenvalue weighted by molar-refractivity contribution is 5.82. The van der Waals surface area contributed by atoms with Crippen LogP contribution in [0.1, 0.15) is 311 Å². The summed E-state index contributed by atoms with van der Waals surface area (Å²) in [5.41, 5.74) is 1.11. The number of aromatic nitrogens is 3. The summed E-state index contributed by atoms with van der Waals surface area (Å²) in [6, 6.07) is 0. The molecule has 12 nitrogen and oxygen atoms in total. The van der Waals surface area contributed by atoms with E-state index in [1.807, 2.05) is 136 Å². The minimum Gasteiger partial charge on any atom is -0.375 e. The average Bonchev–Trinajstić information content (AvgIpc) is 3.54. The Morgan fingerprint density at radius 1 is 0.416 bits per heavy atom. The van der Waals surface area contributed by atoms with Crippen LogP contribution in [0.25, 0.3) is 0 Å². The molecule has 2 aromatic rings. The first-order valence-electron chi connectivity index (χ1n) is 26.3. The smallest absolute Gasteiger partial charge is 0.253 e. The van der Waals surface area contributed by atoms with E-state index in [0.29, 0.717) is 40.8 Å². The number of hydrogen-bond acceptors (Lipinski definition) is 9. The summed E-state index contributed by atoms with van der Waals surface area (Å²) in [5, 5.41) is 20.2. The molecule has 1 heterocycles. The average molecular weight is 1100 g/mol. The molecule has 0 aliphatic heterocycles. The largest absolute Gasteiger partial charge is 0.375 e. The predicted molar refractivity (Wildman–Crippen MR) is 347 cm³/mol. The number of anilines is 2. The van der Waals surface area contributed by atoms with Gasteiger partial charge < -0.3 is 21.3 Å². The maximum Gasteiger partial charge on any atom is 0.253 e. The molecule has 0 aliphatic carbocycles. The molecule has 2 rings (SSSR count). The van der Waals surface area contributed by atoms with Crippen molar-refractivity contribution in [2.45, 2.75) is 339 Å². The first-order valence-corrected chi connectivity index (χ1v) is 26.3. The fourth-order valence-electron chi connectivity index (χ4n) is 6.21. The summed E-state index contributed by atoms with van der Waals surface area (Å²) in [7, 11) is 0. The van der Waals surface area contributed by atoms with Gasteiger partial charge in [0.1, 0.15) is 17.2 Å². The Hall–Kier alpha value is -3.57. The van der Waals surface area contributed by atoms with Gasteiger partial charge in [0.2, 0.25) is 11.8 Å². The molecule has 0 radical (unpaired) electrons. The number of nitrogens with one attached hydrogen (secondary N) is 4. The monoisotopic (exact) mass is 1100 g/mol. The lowest BCUT2D eigenvalue weighted by Gasteiger charge is -2.28. The van der Waals surface area contributed by atoms with E-state index in [1.54, 1.807) is 0 Å². The SMILES string of the molecule is C.C.C.C.C.CC(C)(C)CC(=O)CC(C)(C)C.CC(C)(C)CC(C)(C)C.CC(C)(C)NC(=O)C(C)(C)C.CC(C)(C)NC(=O)C(C)(C)C.CC(C)(C)Nc1c(NC(C)(C)C)c(=O)c1=O.CC(C)(C)c1cn(C(C)(C)C)nn1. The third-order valence-corrected chi connectivity index (χ3v) is 8.71. The second-order valence-electron chi connectivity index (χ2n) is 32.8. The van der Waals surface area contributed by atoms with Crippen LogP contribution in [0.2, 0.25) is 0 Å². The van der Waals surface area contributed by atoms with Crippen molar-refractivity contribution in [3.63, 3.8) is 0 Å². The topological polar surface area (TPSA) is 164 Å². The van der Waals surface area contributed by atoms with E-state index >= 15 is 0 Å². The Morgan fingerprint density at radius 3 is 0.792 bits per heavy atom. The summed E-state index contributed by atoms with van der Waals surface area (Å²) >= 11 is 0. The maximum atomic E-state index is 11.5. The van der Waals surface area contributed by atoms with E-state index in [2.05, 4.69) is 156 Å². The fraction of sp³-hybridized carbons (Fsp3) is 0.862. The summed E-state index contributed by atoms with van der Waals surface area (Å²) in [6.07, 6.45) is 4.72. The first kappa shape index (κ1) is 92.8. The number of carbonyl (C=O) groups is 3. The van der Waals surface area contributed by atoms with Crippen LogP contribution >= 0.6 is 0 Å². The first-order chi connectivity index (χ1) is 30.8. The molecule has 0 unspecified atom stereocenters. The van der Waals surface area contributed by atoms with E-state index in [4.69, 9.17) is 0 Å².